The first-order chi connectivity index (χ1) is 9.49. The predicted molar refractivity (Wildman–Crippen MR) is 79.5 cm³/mol. The van der Waals surface area contributed by atoms with Gasteiger partial charge < -0.3 is 10.5 Å². The van der Waals surface area contributed by atoms with E-state index in [1.807, 2.05) is 26.0 Å². The van der Waals surface area contributed by atoms with Crippen LogP contribution in [0.15, 0.2) is 36.4 Å². The highest BCUT2D eigenvalue weighted by Crippen LogP contribution is 2.22. The largest absolute Gasteiger partial charge is 0.489 e. The molecular formula is C17H20FNO. The summed E-state index contributed by atoms with van der Waals surface area (Å²) in [5.74, 6) is -0.0643. The molecule has 0 aliphatic rings. The fraction of sp³-hybridized carbons (Fsp3) is 0.294. The molecule has 0 heterocycles. The molecule has 0 fully saturated rings. The van der Waals surface area contributed by atoms with E-state index in [0.717, 1.165) is 11.1 Å². The zero-order chi connectivity index (χ0) is 14.7. The number of halogens is 1. The molecule has 3 heteroatoms. The van der Waals surface area contributed by atoms with Crippen LogP contribution < -0.4 is 10.5 Å². The van der Waals surface area contributed by atoms with Crippen LogP contribution >= 0.6 is 0 Å². The molecule has 0 aliphatic carbocycles. The van der Waals surface area contributed by atoms with E-state index in [2.05, 4.69) is 6.07 Å². The van der Waals surface area contributed by atoms with Crippen LogP contribution in [0.5, 0.6) is 5.75 Å². The SMILES string of the molecule is Cc1ccc(C(N)COc2cccc(C)c2F)c(C)c1. The van der Waals surface area contributed by atoms with Crippen LogP contribution in [-0.4, -0.2) is 6.61 Å². The van der Waals surface area contributed by atoms with E-state index >= 15 is 0 Å². The van der Waals surface area contributed by atoms with Gasteiger partial charge in [0.25, 0.3) is 0 Å². The number of hydrogen-bond acceptors (Lipinski definition) is 2. The van der Waals surface area contributed by atoms with Crippen molar-refractivity contribution < 1.29 is 9.13 Å². The van der Waals surface area contributed by atoms with E-state index in [1.165, 1.54) is 5.56 Å². The number of rotatable bonds is 4. The maximum atomic E-state index is 13.8. The van der Waals surface area contributed by atoms with Gasteiger partial charge in [-0.1, -0.05) is 35.9 Å². The molecule has 0 aliphatic heterocycles. The van der Waals surface area contributed by atoms with Gasteiger partial charge >= 0.3 is 0 Å². The summed E-state index contributed by atoms with van der Waals surface area (Å²) in [5.41, 5.74) is 10.1. The minimum absolute atomic E-state index is 0.254. The van der Waals surface area contributed by atoms with Crippen molar-refractivity contribution in [1.29, 1.82) is 0 Å². The number of nitrogens with two attached hydrogens (primary N) is 1. The molecule has 20 heavy (non-hydrogen) atoms. The normalized spacial score (nSPS) is 12.2. The highest BCUT2D eigenvalue weighted by molar-refractivity contribution is 5.33. The molecule has 1 atom stereocenters. The van der Waals surface area contributed by atoms with Crippen LogP contribution in [0.2, 0.25) is 0 Å². The summed E-state index contributed by atoms with van der Waals surface area (Å²) >= 11 is 0. The Bertz CT molecular complexity index is 610. The van der Waals surface area contributed by atoms with E-state index < -0.39 is 0 Å². The highest BCUT2D eigenvalue weighted by atomic mass is 19.1. The number of ether oxygens (including phenoxy) is 1. The van der Waals surface area contributed by atoms with Gasteiger partial charge in [-0.2, -0.15) is 0 Å². The van der Waals surface area contributed by atoms with E-state index in [4.69, 9.17) is 10.5 Å². The summed E-state index contributed by atoms with van der Waals surface area (Å²) in [5, 5.41) is 0. The van der Waals surface area contributed by atoms with Crippen molar-refractivity contribution in [2.75, 3.05) is 6.61 Å². The number of benzene rings is 2. The molecule has 0 spiro atoms. The van der Waals surface area contributed by atoms with Crippen LogP contribution in [0.3, 0.4) is 0 Å². The van der Waals surface area contributed by atoms with Gasteiger partial charge in [0, 0.05) is 0 Å². The van der Waals surface area contributed by atoms with Crippen LogP contribution in [0, 0.1) is 26.6 Å². The third-order valence-electron chi connectivity index (χ3n) is 3.40. The third kappa shape index (κ3) is 3.17. The fourth-order valence-electron chi connectivity index (χ4n) is 2.24. The molecule has 2 aromatic carbocycles. The van der Waals surface area contributed by atoms with Gasteiger partial charge in [0.05, 0.1) is 6.04 Å². The van der Waals surface area contributed by atoms with E-state index in [1.54, 1.807) is 25.1 Å². The lowest BCUT2D eigenvalue weighted by atomic mass is 10.0. The van der Waals surface area contributed by atoms with Gasteiger partial charge in [-0.05, 0) is 43.5 Å². The Kier molecular flexibility index (Phi) is 4.40. The standard InChI is InChI=1S/C17H20FNO/c1-11-7-8-14(13(3)9-11)15(19)10-20-16-6-4-5-12(2)17(16)18/h4-9,15H,10,19H2,1-3H3. The molecule has 2 rings (SSSR count). The second kappa shape index (κ2) is 6.06. The number of aryl methyl sites for hydroxylation is 3. The van der Waals surface area contributed by atoms with Crippen LogP contribution in [0.4, 0.5) is 4.39 Å². The molecule has 106 valence electrons. The minimum atomic E-state index is -0.319. The van der Waals surface area contributed by atoms with E-state index in [-0.39, 0.29) is 24.2 Å². The Morgan fingerprint density at radius 3 is 2.55 bits per heavy atom. The monoisotopic (exact) mass is 273 g/mol. The van der Waals surface area contributed by atoms with Gasteiger partial charge in [0.1, 0.15) is 6.61 Å². The molecule has 1 unspecified atom stereocenters. The molecule has 2 aromatic rings. The molecule has 0 saturated heterocycles. The Hall–Kier alpha value is -1.87. The Morgan fingerprint density at radius 2 is 1.85 bits per heavy atom. The molecular weight excluding hydrogens is 253 g/mol. The summed E-state index contributed by atoms with van der Waals surface area (Å²) in [6, 6.07) is 11.0. The molecule has 2 N–H and O–H groups in total. The third-order valence-corrected chi connectivity index (χ3v) is 3.40. The molecule has 0 bridgehead atoms. The maximum Gasteiger partial charge on any atom is 0.167 e. The smallest absolute Gasteiger partial charge is 0.167 e. The van der Waals surface area contributed by atoms with Crippen molar-refractivity contribution in [2.45, 2.75) is 26.8 Å². The summed E-state index contributed by atoms with van der Waals surface area (Å²) in [4.78, 5) is 0. The number of hydrogen-bond donors (Lipinski definition) is 1. The quantitative estimate of drug-likeness (QED) is 0.918. The average Bonchev–Trinajstić information content (AvgIpc) is 2.40. The van der Waals surface area contributed by atoms with Gasteiger partial charge in [-0.15, -0.1) is 0 Å². The van der Waals surface area contributed by atoms with Crippen molar-refractivity contribution in [3.8, 4) is 5.75 Å². The lowest BCUT2D eigenvalue weighted by Crippen LogP contribution is -2.20. The van der Waals surface area contributed by atoms with Gasteiger partial charge in [0.15, 0.2) is 11.6 Å². The van der Waals surface area contributed by atoms with Gasteiger partial charge in [0.2, 0.25) is 0 Å². The second-order valence-electron chi connectivity index (χ2n) is 5.16. The molecule has 0 aromatic heterocycles. The molecule has 2 nitrogen and oxygen atoms in total. The molecule has 0 amide bonds. The summed E-state index contributed by atoms with van der Waals surface area (Å²) in [6.07, 6.45) is 0. The highest BCUT2D eigenvalue weighted by Gasteiger charge is 2.12. The molecule has 0 saturated carbocycles. The Labute approximate surface area is 119 Å². The maximum absolute atomic E-state index is 13.8. The topological polar surface area (TPSA) is 35.2 Å². The lowest BCUT2D eigenvalue weighted by molar-refractivity contribution is 0.276. The van der Waals surface area contributed by atoms with Crippen molar-refractivity contribution in [1.82, 2.24) is 0 Å². The minimum Gasteiger partial charge on any atom is -0.489 e. The zero-order valence-corrected chi connectivity index (χ0v) is 12.1. The van der Waals surface area contributed by atoms with Crippen LogP contribution in [0.25, 0.3) is 0 Å². The first kappa shape index (κ1) is 14.5. The lowest BCUT2D eigenvalue weighted by Gasteiger charge is -2.17. The Balaban J connectivity index is 2.08. The van der Waals surface area contributed by atoms with Crippen LogP contribution in [-0.2, 0) is 0 Å². The summed E-state index contributed by atoms with van der Waals surface area (Å²) in [6.45, 7) is 6.03. The zero-order valence-electron chi connectivity index (χ0n) is 12.1. The van der Waals surface area contributed by atoms with Gasteiger partial charge in [-0.25, -0.2) is 4.39 Å². The Morgan fingerprint density at radius 1 is 1.10 bits per heavy atom. The average molecular weight is 273 g/mol. The van der Waals surface area contributed by atoms with Crippen molar-refractivity contribution in [3.05, 3.63) is 64.5 Å². The predicted octanol–water partition coefficient (Wildman–Crippen LogP) is 3.83. The van der Waals surface area contributed by atoms with Gasteiger partial charge in [-0.3, -0.25) is 0 Å². The van der Waals surface area contributed by atoms with Crippen LogP contribution in [0.1, 0.15) is 28.3 Å². The molecule has 0 radical (unpaired) electrons. The fourth-order valence-corrected chi connectivity index (χ4v) is 2.24. The summed E-state index contributed by atoms with van der Waals surface area (Å²) in [7, 11) is 0. The summed E-state index contributed by atoms with van der Waals surface area (Å²) < 4.78 is 19.3. The van der Waals surface area contributed by atoms with Crippen molar-refractivity contribution >= 4 is 0 Å². The van der Waals surface area contributed by atoms with E-state index in [9.17, 15) is 4.39 Å². The van der Waals surface area contributed by atoms with Crippen molar-refractivity contribution in [2.24, 2.45) is 5.73 Å². The van der Waals surface area contributed by atoms with Crippen molar-refractivity contribution in [3.63, 3.8) is 0 Å². The second-order valence-corrected chi connectivity index (χ2v) is 5.16. The first-order valence-electron chi connectivity index (χ1n) is 6.69. The van der Waals surface area contributed by atoms with E-state index in [0.29, 0.717) is 5.56 Å². The first-order valence-corrected chi connectivity index (χ1v) is 6.69.